The molecule has 0 N–H and O–H groups in total. The third-order valence-corrected chi connectivity index (χ3v) is 2.64. The monoisotopic (exact) mass is 295 g/mol. The highest BCUT2D eigenvalue weighted by atomic mass is 15.1. The number of hydrogen-bond acceptors (Lipinski definition) is 1. The molecule has 0 aliphatic heterocycles. The molecular formula is C20H41N. The van der Waals surface area contributed by atoms with Gasteiger partial charge in [0, 0.05) is 12.6 Å². The summed E-state index contributed by atoms with van der Waals surface area (Å²) in [6.07, 6.45) is 10.2. The van der Waals surface area contributed by atoms with Gasteiger partial charge in [-0.05, 0) is 48.1 Å². The molecule has 0 saturated carbocycles. The summed E-state index contributed by atoms with van der Waals surface area (Å²) in [6, 6.07) is 0.618. The minimum absolute atomic E-state index is 0.618. The third-order valence-electron chi connectivity index (χ3n) is 2.64. The lowest BCUT2D eigenvalue weighted by Gasteiger charge is -2.21. The Morgan fingerprint density at radius 2 is 1.52 bits per heavy atom. The fourth-order valence-electron chi connectivity index (χ4n) is 1.12. The quantitative estimate of drug-likeness (QED) is 0.423. The highest BCUT2D eigenvalue weighted by Crippen LogP contribution is 2.08. The number of hydrogen-bond donors (Lipinski definition) is 0. The zero-order chi connectivity index (χ0) is 17.8. The van der Waals surface area contributed by atoms with Gasteiger partial charge in [0.2, 0.25) is 0 Å². The van der Waals surface area contributed by atoms with Crippen molar-refractivity contribution in [2.24, 2.45) is 0 Å². The average molecular weight is 296 g/mol. The Morgan fingerprint density at radius 1 is 1.14 bits per heavy atom. The minimum Gasteiger partial charge on any atom is -0.300 e. The molecule has 0 bridgehead atoms. The summed E-state index contributed by atoms with van der Waals surface area (Å²) in [7, 11) is 2.17. The summed E-state index contributed by atoms with van der Waals surface area (Å²) in [5.41, 5.74) is 2.87. The maximum Gasteiger partial charge on any atom is 0.0195 e. The van der Waals surface area contributed by atoms with E-state index in [0.717, 1.165) is 13.0 Å². The molecule has 0 saturated heterocycles. The van der Waals surface area contributed by atoms with Crippen molar-refractivity contribution in [1.29, 1.82) is 0 Å². The van der Waals surface area contributed by atoms with Crippen LogP contribution in [0.15, 0.2) is 23.3 Å². The van der Waals surface area contributed by atoms with E-state index in [2.05, 4.69) is 71.1 Å². The lowest BCUT2D eigenvalue weighted by molar-refractivity contribution is 0.296. The zero-order valence-electron chi connectivity index (χ0n) is 16.7. The van der Waals surface area contributed by atoms with E-state index in [1.54, 1.807) is 6.92 Å². The maximum atomic E-state index is 4.60. The highest BCUT2D eigenvalue weighted by molar-refractivity contribution is 5.23. The summed E-state index contributed by atoms with van der Waals surface area (Å²) in [5, 5.41) is 0. The van der Waals surface area contributed by atoms with E-state index >= 15 is 0 Å². The molecule has 0 radical (unpaired) electrons. The molecule has 0 heterocycles. The van der Waals surface area contributed by atoms with Crippen LogP contribution in [0.25, 0.3) is 0 Å². The molecule has 0 aromatic heterocycles. The van der Waals surface area contributed by atoms with Crippen LogP contribution in [-0.4, -0.2) is 24.5 Å². The van der Waals surface area contributed by atoms with E-state index in [-0.39, 0.29) is 0 Å². The van der Waals surface area contributed by atoms with Crippen molar-refractivity contribution in [3.63, 3.8) is 0 Å². The van der Waals surface area contributed by atoms with Crippen molar-refractivity contribution in [3.05, 3.63) is 23.3 Å². The van der Waals surface area contributed by atoms with Crippen LogP contribution in [0.2, 0.25) is 0 Å². The van der Waals surface area contributed by atoms with Gasteiger partial charge in [-0.25, -0.2) is 0 Å². The van der Waals surface area contributed by atoms with E-state index < -0.39 is 0 Å². The maximum absolute atomic E-state index is 4.60. The van der Waals surface area contributed by atoms with Gasteiger partial charge in [0.15, 0.2) is 0 Å². The lowest BCUT2D eigenvalue weighted by atomic mass is 10.1. The lowest BCUT2D eigenvalue weighted by Crippen LogP contribution is -2.28. The Bertz CT molecular complexity index is 277. The minimum atomic E-state index is 0.618. The Morgan fingerprint density at radius 3 is 1.81 bits per heavy atom. The van der Waals surface area contributed by atoms with Crippen molar-refractivity contribution < 1.29 is 0 Å². The fourth-order valence-corrected chi connectivity index (χ4v) is 1.12. The van der Waals surface area contributed by atoms with Crippen molar-refractivity contribution in [2.45, 2.75) is 81.7 Å². The predicted molar refractivity (Wildman–Crippen MR) is 103 cm³/mol. The normalized spacial score (nSPS) is 10.5. The van der Waals surface area contributed by atoms with Gasteiger partial charge in [0.05, 0.1) is 0 Å². The Balaban J connectivity index is -0.000000176. The summed E-state index contributed by atoms with van der Waals surface area (Å²) in [4.78, 5) is 2.36. The predicted octanol–water partition coefficient (Wildman–Crippen LogP) is 6.32. The summed E-state index contributed by atoms with van der Waals surface area (Å²) >= 11 is 0. The topological polar surface area (TPSA) is 3.24 Å². The van der Waals surface area contributed by atoms with E-state index in [9.17, 15) is 0 Å². The summed E-state index contributed by atoms with van der Waals surface area (Å²) in [5.74, 6) is 2.25. The molecule has 1 heteroatoms. The largest absolute Gasteiger partial charge is 0.300 e. The van der Waals surface area contributed by atoms with Crippen LogP contribution in [0, 0.1) is 12.3 Å². The van der Waals surface area contributed by atoms with Gasteiger partial charge in [-0.3, -0.25) is 0 Å². The molecular weight excluding hydrogens is 254 g/mol. The smallest absolute Gasteiger partial charge is 0.0195 e. The molecule has 0 amide bonds. The Hall–Kier alpha value is -1.00. The van der Waals surface area contributed by atoms with Crippen molar-refractivity contribution in [1.82, 2.24) is 4.90 Å². The van der Waals surface area contributed by atoms with Crippen LogP contribution in [0.4, 0.5) is 0 Å². The van der Waals surface area contributed by atoms with Gasteiger partial charge in [-0.2, -0.15) is 0 Å². The van der Waals surface area contributed by atoms with Gasteiger partial charge in [-0.15, -0.1) is 12.3 Å². The Kier molecular flexibility index (Phi) is 32.3. The van der Waals surface area contributed by atoms with Gasteiger partial charge < -0.3 is 4.90 Å². The zero-order valence-corrected chi connectivity index (χ0v) is 16.7. The van der Waals surface area contributed by atoms with Gasteiger partial charge in [0.25, 0.3) is 0 Å². The van der Waals surface area contributed by atoms with Crippen LogP contribution < -0.4 is 0 Å². The van der Waals surface area contributed by atoms with Crippen LogP contribution in [0.3, 0.4) is 0 Å². The van der Waals surface area contributed by atoms with Gasteiger partial charge in [-0.1, -0.05) is 57.9 Å². The molecule has 0 aliphatic rings. The second-order valence-electron chi connectivity index (χ2n) is 4.57. The third kappa shape index (κ3) is 24.4. The number of likely N-dealkylation sites (N-methyl/N-ethyl adjacent to an activating group) is 1. The van der Waals surface area contributed by atoms with Crippen LogP contribution in [0.1, 0.15) is 75.7 Å². The van der Waals surface area contributed by atoms with E-state index in [1.165, 1.54) is 11.1 Å². The summed E-state index contributed by atoms with van der Waals surface area (Å²) < 4.78 is 0. The van der Waals surface area contributed by atoms with E-state index in [4.69, 9.17) is 0 Å². The van der Waals surface area contributed by atoms with Crippen molar-refractivity contribution in [2.75, 3.05) is 13.6 Å². The van der Waals surface area contributed by atoms with Gasteiger partial charge >= 0.3 is 0 Å². The molecule has 0 aromatic carbocycles. The first kappa shape index (κ1) is 28.2. The molecule has 0 spiro atoms. The molecule has 1 nitrogen and oxygen atoms in total. The molecule has 126 valence electrons. The molecule has 0 rings (SSSR count). The Labute approximate surface area is 136 Å². The number of nitrogens with zero attached hydrogens (tertiary/aromatic N) is 1. The first-order valence-electron chi connectivity index (χ1n) is 8.31. The van der Waals surface area contributed by atoms with E-state index in [0.29, 0.717) is 6.04 Å². The number of rotatable bonds is 5. The molecule has 0 aliphatic carbocycles. The number of terminal acetylenes is 1. The summed E-state index contributed by atoms with van der Waals surface area (Å²) in [6.45, 7) is 21.7. The highest BCUT2D eigenvalue weighted by Gasteiger charge is 2.04. The fraction of sp³-hybridized carbons (Fsp3) is 0.700. The van der Waals surface area contributed by atoms with Crippen LogP contribution in [0.5, 0.6) is 0 Å². The second-order valence-corrected chi connectivity index (χ2v) is 4.57. The molecule has 21 heavy (non-hydrogen) atoms. The standard InChI is InChI=1S/C13H25N.C3H4.2C2H6/c1-7-8-9-12(4)13(5)10-14(6)11(2)3;1-3-2;2*1-2/h8-9,11H,7,10H2,1-6H3;1H,2H3;2*1-2H3/b9-8-,13-12+;;;. The molecule has 0 atom stereocenters. The second kappa shape index (κ2) is 24.0. The van der Waals surface area contributed by atoms with Crippen molar-refractivity contribution in [3.8, 4) is 12.3 Å². The van der Waals surface area contributed by atoms with Crippen LogP contribution in [-0.2, 0) is 0 Å². The first-order chi connectivity index (χ1) is 9.90. The average Bonchev–Trinajstić information content (AvgIpc) is 2.49. The first-order valence-corrected chi connectivity index (χ1v) is 8.31. The molecule has 0 aromatic rings. The van der Waals surface area contributed by atoms with Gasteiger partial charge in [0.1, 0.15) is 0 Å². The SMILES string of the molecule is C#CC.CC.CC.CC/C=C\C(C)=C(/C)CN(C)C(C)C. The van der Waals surface area contributed by atoms with Crippen molar-refractivity contribution >= 4 is 0 Å². The molecule has 0 unspecified atom stereocenters. The van der Waals surface area contributed by atoms with E-state index in [1.807, 2.05) is 27.7 Å². The van der Waals surface area contributed by atoms with Crippen LogP contribution >= 0.6 is 0 Å². The molecule has 0 fully saturated rings. The number of allylic oxidation sites excluding steroid dienone is 3.